The smallest absolute Gasteiger partial charge is 0.390 e. The van der Waals surface area contributed by atoms with Crippen LogP contribution < -0.4 is 10.9 Å². The first kappa shape index (κ1) is 22.7. The summed E-state index contributed by atoms with van der Waals surface area (Å²) in [5, 5.41) is 13.2. The molecule has 0 unspecified atom stereocenters. The SMILES string of the molecule is O=C(NCC1CC1)[C@@H]1[C@@H](CO)[C@@H]2Cn3c(ccc(C4=CCCC4)c3=O)[C@H]1N2CCC(F)(F)F. The molecule has 3 heterocycles. The fourth-order valence-corrected chi connectivity index (χ4v) is 5.93. The molecule has 180 valence electrons. The lowest BCUT2D eigenvalue weighted by Crippen LogP contribution is -2.47. The number of alkyl halides is 3. The summed E-state index contributed by atoms with van der Waals surface area (Å²) in [6, 6.07) is 2.40. The molecule has 2 N–H and O–H groups in total. The van der Waals surface area contributed by atoms with E-state index < -0.39 is 36.5 Å². The molecule has 1 saturated heterocycles. The third-order valence-electron chi connectivity index (χ3n) is 7.78. The van der Waals surface area contributed by atoms with Crippen molar-refractivity contribution in [2.45, 2.75) is 63.3 Å². The van der Waals surface area contributed by atoms with Crippen LogP contribution >= 0.6 is 0 Å². The topological polar surface area (TPSA) is 74.6 Å². The largest absolute Gasteiger partial charge is 0.396 e. The number of halogens is 3. The van der Waals surface area contributed by atoms with Crippen molar-refractivity contribution >= 4 is 11.5 Å². The first-order valence-corrected chi connectivity index (χ1v) is 11.9. The highest BCUT2D eigenvalue weighted by Crippen LogP contribution is 2.49. The van der Waals surface area contributed by atoms with Gasteiger partial charge in [-0.05, 0) is 55.7 Å². The van der Waals surface area contributed by atoms with Gasteiger partial charge in [-0.3, -0.25) is 14.5 Å². The minimum Gasteiger partial charge on any atom is -0.396 e. The fraction of sp³-hybridized carbons (Fsp3) is 0.667. The van der Waals surface area contributed by atoms with Crippen molar-refractivity contribution in [1.29, 1.82) is 0 Å². The molecule has 0 spiro atoms. The molecular weight excluding hydrogens is 435 g/mol. The zero-order valence-electron chi connectivity index (χ0n) is 18.5. The number of fused-ring (bicyclic) bond motifs is 4. The molecule has 2 aliphatic carbocycles. The van der Waals surface area contributed by atoms with Crippen LogP contribution in [0.2, 0.25) is 0 Å². The second-order valence-electron chi connectivity index (χ2n) is 9.89. The van der Waals surface area contributed by atoms with Gasteiger partial charge >= 0.3 is 6.18 Å². The number of aliphatic hydroxyl groups excluding tert-OH is 1. The Labute approximate surface area is 190 Å². The van der Waals surface area contributed by atoms with Crippen molar-refractivity contribution in [3.63, 3.8) is 0 Å². The van der Waals surface area contributed by atoms with E-state index in [1.165, 1.54) is 0 Å². The van der Waals surface area contributed by atoms with Crippen LogP contribution in [0.15, 0.2) is 23.0 Å². The van der Waals surface area contributed by atoms with Gasteiger partial charge < -0.3 is 15.0 Å². The number of nitrogens with zero attached hydrogens (tertiary/aromatic N) is 2. The lowest BCUT2D eigenvalue weighted by Gasteiger charge is -2.38. The number of hydrogen-bond donors (Lipinski definition) is 2. The van der Waals surface area contributed by atoms with E-state index >= 15 is 0 Å². The van der Waals surface area contributed by atoms with Crippen molar-refractivity contribution in [2.24, 2.45) is 17.8 Å². The lowest BCUT2D eigenvalue weighted by molar-refractivity contribution is -0.140. The Morgan fingerprint density at radius 2 is 2.03 bits per heavy atom. The van der Waals surface area contributed by atoms with E-state index in [9.17, 15) is 27.9 Å². The molecule has 4 aliphatic rings. The maximum absolute atomic E-state index is 13.4. The number of carbonyl (C=O) groups excluding carboxylic acids is 1. The van der Waals surface area contributed by atoms with Gasteiger partial charge in [-0.1, -0.05) is 6.08 Å². The summed E-state index contributed by atoms with van der Waals surface area (Å²) in [5.41, 5.74) is 2.07. The second kappa shape index (κ2) is 8.58. The third kappa shape index (κ3) is 4.25. The average Bonchev–Trinajstić information content (AvgIpc) is 3.38. The number of carbonyl (C=O) groups is 1. The zero-order valence-corrected chi connectivity index (χ0v) is 18.5. The Kier molecular flexibility index (Phi) is 5.89. The Balaban J connectivity index is 1.53. The van der Waals surface area contributed by atoms with Crippen LogP contribution in [-0.2, 0) is 11.3 Å². The Morgan fingerprint density at radius 3 is 2.67 bits per heavy atom. The van der Waals surface area contributed by atoms with Gasteiger partial charge in [-0.2, -0.15) is 13.2 Å². The first-order chi connectivity index (χ1) is 15.8. The van der Waals surface area contributed by atoms with Gasteiger partial charge in [0, 0.05) is 49.5 Å². The van der Waals surface area contributed by atoms with Crippen LogP contribution in [0.1, 0.15) is 55.8 Å². The summed E-state index contributed by atoms with van der Waals surface area (Å²) in [7, 11) is 0. The molecule has 1 aromatic heterocycles. The van der Waals surface area contributed by atoms with Crippen LogP contribution in [0.5, 0.6) is 0 Å². The Morgan fingerprint density at radius 1 is 1.24 bits per heavy atom. The molecule has 2 aliphatic heterocycles. The van der Waals surface area contributed by atoms with Crippen molar-refractivity contribution < 1.29 is 23.1 Å². The van der Waals surface area contributed by atoms with Crippen LogP contribution in [0, 0.1) is 17.8 Å². The molecule has 1 saturated carbocycles. The molecule has 1 aromatic rings. The maximum atomic E-state index is 13.4. The van der Waals surface area contributed by atoms with E-state index in [0.717, 1.165) is 37.7 Å². The first-order valence-electron chi connectivity index (χ1n) is 11.9. The number of amides is 1. The fourth-order valence-electron chi connectivity index (χ4n) is 5.93. The highest BCUT2D eigenvalue weighted by molar-refractivity contribution is 5.81. The van der Waals surface area contributed by atoms with Crippen LogP contribution in [-0.4, -0.2) is 52.4 Å². The Hall–Kier alpha value is -2.13. The van der Waals surface area contributed by atoms with E-state index in [0.29, 0.717) is 23.7 Å². The molecule has 6 nitrogen and oxygen atoms in total. The van der Waals surface area contributed by atoms with Crippen molar-refractivity contribution in [1.82, 2.24) is 14.8 Å². The number of rotatable bonds is 7. The highest BCUT2D eigenvalue weighted by Gasteiger charge is 2.56. The predicted molar refractivity (Wildman–Crippen MR) is 116 cm³/mol. The molecule has 9 heteroatoms. The van der Waals surface area contributed by atoms with Crippen LogP contribution in [0.4, 0.5) is 13.2 Å². The Bertz CT molecular complexity index is 1010. The average molecular weight is 466 g/mol. The van der Waals surface area contributed by atoms with Crippen molar-refractivity contribution in [3.05, 3.63) is 39.8 Å². The summed E-state index contributed by atoms with van der Waals surface area (Å²) < 4.78 is 41.0. The van der Waals surface area contributed by atoms with E-state index in [-0.39, 0.29) is 31.2 Å². The summed E-state index contributed by atoms with van der Waals surface area (Å²) in [5.74, 6) is -1.01. The molecule has 2 bridgehead atoms. The normalized spacial score (nSPS) is 29.2. The maximum Gasteiger partial charge on any atom is 0.390 e. The number of aromatic nitrogens is 1. The second-order valence-corrected chi connectivity index (χ2v) is 9.89. The predicted octanol–water partition coefficient (Wildman–Crippen LogP) is 2.86. The number of allylic oxidation sites excluding steroid dienone is 2. The summed E-state index contributed by atoms with van der Waals surface area (Å²) in [4.78, 5) is 28.3. The van der Waals surface area contributed by atoms with Crippen LogP contribution in [0.25, 0.3) is 5.57 Å². The zero-order chi connectivity index (χ0) is 23.3. The van der Waals surface area contributed by atoms with Gasteiger partial charge in [0.15, 0.2) is 0 Å². The lowest BCUT2D eigenvalue weighted by atomic mass is 9.86. The van der Waals surface area contributed by atoms with Crippen molar-refractivity contribution in [3.8, 4) is 0 Å². The summed E-state index contributed by atoms with van der Waals surface area (Å²) in [6.07, 6.45) is 1.65. The number of hydrogen-bond acceptors (Lipinski definition) is 4. The van der Waals surface area contributed by atoms with Gasteiger partial charge in [-0.15, -0.1) is 0 Å². The summed E-state index contributed by atoms with van der Waals surface area (Å²) in [6.45, 7) is 0.156. The highest BCUT2D eigenvalue weighted by atomic mass is 19.4. The minimum absolute atomic E-state index is 0.151. The van der Waals surface area contributed by atoms with Crippen molar-refractivity contribution in [2.75, 3.05) is 19.7 Å². The van der Waals surface area contributed by atoms with E-state index in [4.69, 9.17) is 0 Å². The van der Waals surface area contributed by atoms with Gasteiger partial charge in [-0.25, -0.2) is 0 Å². The number of nitrogens with one attached hydrogen (secondary N) is 1. The number of aliphatic hydroxyl groups is 1. The molecule has 2 fully saturated rings. The molecular formula is C24H30F3N3O3. The standard InChI is InChI=1S/C24H30F3N3O3/c25-24(26,27)9-10-29-19-12-30-18(8-7-16(23(30)33)15-3-1-2-4-15)21(29)20(17(19)13-31)22(32)28-11-14-5-6-14/h3,7-8,14,17,19-21,31H,1-2,4-6,9-13H2,(H,28,32)/t17-,19-,20+,21+/m0/s1. The third-order valence-corrected chi connectivity index (χ3v) is 7.78. The number of pyridine rings is 1. The van der Waals surface area contributed by atoms with E-state index in [2.05, 4.69) is 11.4 Å². The van der Waals surface area contributed by atoms with E-state index in [1.807, 2.05) is 0 Å². The molecule has 33 heavy (non-hydrogen) atoms. The van der Waals surface area contributed by atoms with Crippen LogP contribution in [0.3, 0.4) is 0 Å². The molecule has 0 aromatic carbocycles. The molecule has 0 radical (unpaired) electrons. The molecule has 1 amide bonds. The minimum atomic E-state index is -4.33. The monoisotopic (exact) mass is 465 g/mol. The molecule has 5 rings (SSSR count). The summed E-state index contributed by atoms with van der Waals surface area (Å²) >= 11 is 0. The van der Waals surface area contributed by atoms with Gasteiger partial charge in [0.1, 0.15) is 0 Å². The van der Waals surface area contributed by atoms with Gasteiger partial charge in [0.25, 0.3) is 5.56 Å². The quantitative estimate of drug-likeness (QED) is 0.650. The van der Waals surface area contributed by atoms with Gasteiger partial charge in [0.2, 0.25) is 5.91 Å². The molecule has 4 atom stereocenters. The van der Waals surface area contributed by atoms with E-state index in [1.54, 1.807) is 21.6 Å². The van der Waals surface area contributed by atoms with Gasteiger partial charge in [0.05, 0.1) is 18.4 Å².